The molecular formula is C18H21N5O. The molecule has 0 saturated heterocycles. The largest absolute Gasteiger partial charge is 0.352 e. The number of hydrogen-bond donors (Lipinski definition) is 1. The molecule has 1 amide bonds. The molecule has 0 aliphatic rings. The van der Waals surface area contributed by atoms with Gasteiger partial charge in [0.2, 0.25) is 0 Å². The summed E-state index contributed by atoms with van der Waals surface area (Å²) in [5.41, 5.74) is 3.66. The van der Waals surface area contributed by atoms with E-state index in [1.54, 1.807) is 6.20 Å². The Kier molecular flexibility index (Phi) is 4.74. The number of amides is 1. The van der Waals surface area contributed by atoms with E-state index < -0.39 is 0 Å². The van der Waals surface area contributed by atoms with Crippen molar-refractivity contribution < 1.29 is 4.79 Å². The summed E-state index contributed by atoms with van der Waals surface area (Å²) in [7, 11) is 0. The van der Waals surface area contributed by atoms with Gasteiger partial charge in [-0.15, -0.1) is 0 Å². The van der Waals surface area contributed by atoms with Crippen LogP contribution in [0.3, 0.4) is 0 Å². The molecule has 6 heteroatoms. The Morgan fingerprint density at radius 1 is 1.21 bits per heavy atom. The fourth-order valence-corrected chi connectivity index (χ4v) is 2.62. The molecule has 24 heavy (non-hydrogen) atoms. The second kappa shape index (κ2) is 7.12. The van der Waals surface area contributed by atoms with E-state index in [1.165, 1.54) is 0 Å². The zero-order valence-corrected chi connectivity index (χ0v) is 13.9. The second-order valence-electron chi connectivity index (χ2n) is 5.76. The van der Waals surface area contributed by atoms with Crippen molar-refractivity contribution in [2.45, 2.75) is 26.8 Å². The molecule has 0 unspecified atom stereocenters. The van der Waals surface area contributed by atoms with E-state index in [-0.39, 0.29) is 5.91 Å². The molecule has 0 bridgehead atoms. The monoisotopic (exact) mass is 323 g/mol. The predicted octanol–water partition coefficient (Wildman–Crippen LogP) is 2.51. The lowest BCUT2D eigenvalue weighted by atomic mass is 10.2. The van der Waals surface area contributed by atoms with Gasteiger partial charge in [-0.2, -0.15) is 10.2 Å². The van der Waals surface area contributed by atoms with Crippen molar-refractivity contribution in [3.63, 3.8) is 0 Å². The number of aryl methyl sites for hydroxylation is 3. The summed E-state index contributed by atoms with van der Waals surface area (Å²) in [6.07, 6.45) is 4.51. The van der Waals surface area contributed by atoms with E-state index in [1.807, 2.05) is 65.8 Å². The molecule has 0 fully saturated rings. The first-order valence-corrected chi connectivity index (χ1v) is 8.03. The summed E-state index contributed by atoms with van der Waals surface area (Å²) in [5.74, 6) is -0.0598. The van der Waals surface area contributed by atoms with Gasteiger partial charge in [0.05, 0.1) is 11.4 Å². The van der Waals surface area contributed by atoms with Crippen molar-refractivity contribution in [3.8, 4) is 5.69 Å². The molecule has 0 aliphatic heterocycles. The van der Waals surface area contributed by atoms with Gasteiger partial charge in [-0.3, -0.25) is 9.48 Å². The average molecular weight is 323 g/mol. The van der Waals surface area contributed by atoms with E-state index in [4.69, 9.17) is 0 Å². The third-order valence-corrected chi connectivity index (χ3v) is 3.79. The number of hydrogen-bond acceptors (Lipinski definition) is 3. The number of benzene rings is 1. The van der Waals surface area contributed by atoms with Crippen molar-refractivity contribution >= 4 is 5.91 Å². The summed E-state index contributed by atoms with van der Waals surface area (Å²) in [5, 5.41) is 11.5. The van der Waals surface area contributed by atoms with Gasteiger partial charge in [0.15, 0.2) is 0 Å². The summed E-state index contributed by atoms with van der Waals surface area (Å²) in [6.45, 7) is 5.40. The van der Waals surface area contributed by atoms with Crippen LogP contribution in [0.15, 0.2) is 48.8 Å². The Balaban J connectivity index is 1.55. The minimum atomic E-state index is -0.0598. The summed E-state index contributed by atoms with van der Waals surface area (Å²) in [6, 6.07) is 11.4. The first-order chi connectivity index (χ1) is 11.6. The highest BCUT2D eigenvalue weighted by atomic mass is 16.1. The molecule has 0 radical (unpaired) electrons. The molecule has 2 aromatic heterocycles. The quantitative estimate of drug-likeness (QED) is 0.709. The van der Waals surface area contributed by atoms with Crippen LogP contribution in [-0.2, 0) is 6.54 Å². The Morgan fingerprint density at radius 2 is 2.00 bits per heavy atom. The number of nitrogens with one attached hydrogen (secondary N) is 1. The molecule has 3 aromatic rings. The van der Waals surface area contributed by atoms with Gasteiger partial charge in [0.1, 0.15) is 0 Å². The van der Waals surface area contributed by atoms with Gasteiger partial charge in [-0.25, -0.2) is 4.68 Å². The van der Waals surface area contributed by atoms with Crippen LogP contribution in [0, 0.1) is 13.8 Å². The van der Waals surface area contributed by atoms with E-state index in [2.05, 4.69) is 15.5 Å². The molecule has 0 aliphatic carbocycles. The lowest BCUT2D eigenvalue weighted by Crippen LogP contribution is -2.25. The van der Waals surface area contributed by atoms with Gasteiger partial charge in [-0.05, 0) is 56.7 Å². The Bertz CT molecular complexity index is 803. The fourth-order valence-electron chi connectivity index (χ4n) is 2.62. The summed E-state index contributed by atoms with van der Waals surface area (Å²) >= 11 is 0. The van der Waals surface area contributed by atoms with Crippen molar-refractivity contribution in [1.82, 2.24) is 24.9 Å². The van der Waals surface area contributed by atoms with Crippen molar-refractivity contribution in [3.05, 3.63) is 65.7 Å². The van der Waals surface area contributed by atoms with E-state index >= 15 is 0 Å². The SMILES string of the molecule is Cc1cc(C)n(-c2ccc(C(=O)NCCCn3cccn3)cc2)n1. The third-order valence-electron chi connectivity index (χ3n) is 3.79. The normalized spacial score (nSPS) is 10.8. The van der Waals surface area contributed by atoms with Crippen molar-refractivity contribution in [1.29, 1.82) is 0 Å². The standard InChI is InChI=1S/C18H21N5O/c1-14-13-15(2)23(21-14)17-7-5-16(6-8-17)18(24)19-9-3-11-22-12-4-10-20-22/h4-8,10,12-13H,3,9,11H2,1-2H3,(H,19,24). The number of carbonyl (C=O) groups excluding carboxylic acids is 1. The van der Waals surface area contributed by atoms with Crippen LogP contribution in [0.4, 0.5) is 0 Å². The molecule has 6 nitrogen and oxygen atoms in total. The highest BCUT2D eigenvalue weighted by Crippen LogP contribution is 2.13. The van der Waals surface area contributed by atoms with Crippen LogP contribution in [0.25, 0.3) is 5.69 Å². The Morgan fingerprint density at radius 3 is 2.62 bits per heavy atom. The molecule has 0 spiro atoms. The van der Waals surface area contributed by atoms with E-state index in [0.29, 0.717) is 12.1 Å². The van der Waals surface area contributed by atoms with E-state index in [9.17, 15) is 4.79 Å². The van der Waals surface area contributed by atoms with Crippen molar-refractivity contribution in [2.24, 2.45) is 0 Å². The van der Waals surface area contributed by atoms with Gasteiger partial charge in [0.25, 0.3) is 5.91 Å². The fraction of sp³-hybridized carbons (Fsp3) is 0.278. The van der Waals surface area contributed by atoms with Crippen LogP contribution in [0.1, 0.15) is 28.2 Å². The summed E-state index contributed by atoms with van der Waals surface area (Å²) in [4.78, 5) is 12.2. The lowest BCUT2D eigenvalue weighted by molar-refractivity contribution is 0.0952. The molecule has 1 aromatic carbocycles. The van der Waals surface area contributed by atoms with Crippen LogP contribution < -0.4 is 5.32 Å². The van der Waals surface area contributed by atoms with Gasteiger partial charge >= 0.3 is 0 Å². The molecule has 0 saturated carbocycles. The number of carbonyl (C=O) groups is 1. The number of rotatable bonds is 6. The van der Waals surface area contributed by atoms with E-state index in [0.717, 1.165) is 30.0 Å². The average Bonchev–Trinajstić information content (AvgIpc) is 3.21. The maximum Gasteiger partial charge on any atom is 0.251 e. The first-order valence-electron chi connectivity index (χ1n) is 8.03. The molecular weight excluding hydrogens is 302 g/mol. The minimum Gasteiger partial charge on any atom is -0.352 e. The van der Waals surface area contributed by atoms with Crippen LogP contribution >= 0.6 is 0 Å². The highest BCUT2D eigenvalue weighted by Gasteiger charge is 2.07. The molecule has 0 atom stereocenters. The maximum atomic E-state index is 12.2. The van der Waals surface area contributed by atoms with Gasteiger partial charge in [-0.1, -0.05) is 0 Å². The minimum absolute atomic E-state index is 0.0598. The second-order valence-corrected chi connectivity index (χ2v) is 5.76. The molecule has 1 N–H and O–H groups in total. The van der Waals surface area contributed by atoms with Crippen LogP contribution in [0.2, 0.25) is 0 Å². The number of nitrogens with zero attached hydrogens (tertiary/aromatic N) is 4. The highest BCUT2D eigenvalue weighted by molar-refractivity contribution is 5.94. The molecule has 124 valence electrons. The van der Waals surface area contributed by atoms with Crippen LogP contribution in [0.5, 0.6) is 0 Å². The summed E-state index contributed by atoms with van der Waals surface area (Å²) < 4.78 is 3.73. The number of aromatic nitrogens is 4. The zero-order valence-electron chi connectivity index (χ0n) is 13.9. The smallest absolute Gasteiger partial charge is 0.251 e. The Labute approximate surface area is 141 Å². The van der Waals surface area contributed by atoms with Gasteiger partial charge in [0, 0.05) is 36.7 Å². The Hall–Kier alpha value is -2.89. The van der Waals surface area contributed by atoms with Gasteiger partial charge < -0.3 is 5.32 Å². The zero-order chi connectivity index (χ0) is 16.9. The third kappa shape index (κ3) is 3.71. The lowest BCUT2D eigenvalue weighted by Gasteiger charge is -2.08. The maximum absolute atomic E-state index is 12.2. The van der Waals surface area contributed by atoms with Crippen molar-refractivity contribution in [2.75, 3.05) is 6.54 Å². The molecule has 2 heterocycles. The van der Waals surface area contributed by atoms with Crippen LogP contribution in [-0.4, -0.2) is 32.0 Å². The first kappa shape index (κ1) is 16.0. The predicted molar refractivity (Wildman–Crippen MR) is 92.2 cm³/mol. The topological polar surface area (TPSA) is 64.7 Å². The molecule has 3 rings (SSSR count).